The predicted octanol–water partition coefficient (Wildman–Crippen LogP) is 6.23. The number of hydrogen-bond donors (Lipinski definition) is 2. The van der Waals surface area contributed by atoms with Gasteiger partial charge in [-0.15, -0.1) is 0 Å². The van der Waals surface area contributed by atoms with Crippen LogP contribution >= 0.6 is 0 Å². The highest BCUT2D eigenvalue weighted by molar-refractivity contribution is 6.06. The Morgan fingerprint density at radius 3 is 2.47 bits per heavy atom. The van der Waals surface area contributed by atoms with E-state index >= 15 is 0 Å². The number of hydrogen-bond acceptors (Lipinski definition) is 4. The Balaban J connectivity index is 1.44. The highest BCUT2D eigenvalue weighted by Gasteiger charge is 2.18. The molecular formula is C29H37N5. The Labute approximate surface area is 202 Å². The van der Waals surface area contributed by atoms with Crippen LogP contribution < -0.4 is 11.1 Å². The quantitative estimate of drug-likeness (QED) is 0.331. The lowest BCUT2D eigenvalue weighted by Gasteiger charge is -2.22. The van der Waals surface area contributed by atoms with Crippen LogP contribution in [-0.4, -0.2) is 20.6 Å². The van der Waals surface area contributed by atoms with Crippen LogP contribution in [0.2, 0.25) is 0 Å². The van der Waals surface area contributed by atoms with Crippen molar-refractivity contribution in [1.29, 1.82) is 0 Å². The molecule has 1 aliphatic rings. The Hall–Kier alpha value is -2.92. The normalized spacial score (nSPS) is 15.0. The second-order valence-corrected chi connectivity index (χ2v) is 10.3. The van der Waals surface area contributed by atoms with Gasteiger partial charge in [0.25, 0.3) is 0 Å². The van der Waals surface area contributed by atoms with E-state index in [4.69, 9.17) is 10.7 Å². The number of nitrogen functional groups attached to an aromatic ring is 1. The average Bonchev–Trinajstić information content (AvgIpc) is 3.22. The van der Waals surface area contributed by atoms with E-state index in [-0.39, 0.29) is 0 Å². The van der Waals surface area contributed by atoms with Crippen LogP contribution in [0.1, 0.15) is 69.3 Å². The SMILES string of the molecule is CC(C)CCc1nc2c(N)nc3ccccc3c2n1Cc1ccc(CNC2CCCCC2)cc1. The largest absolute Gasteiger partial charge is 0.382 e. The molecular weight excluding hydrogens is 418 g/mol. The third kappa shape index (κ3) is 4.95. The molecule has 1 saturated carbocycles. The minimum Gasteiger partial charge on any atom is -0.382 e. The van der Waals surface area contributed by atoms with E-state index in [0.717, 1.165) is 53.7 Å². The molecule has 0 amide bonds. The molecule has 1 aliphatic carbocycles. The third-order valence-corrected chi connectivity index (χ3v) is 7.20. The monoisotopic (exact) mass is 455 g/mol. The molecule has 5 nitrogen and oxygen atoms in total. The molecule has 3 N–H and O–H groups in total. The van der Waals surface area contributed by atoms with Crippen molar-refractivity contribution in [2.24, 2.45) is 5.92 Å². The summed E-state index contributed by atoms with van der Waals surface area (Å²) in [5, 5.41) is 4.87. The molecule has 0 bridgehead atoms. The standard InChI is InChI=1S/C29H37N5/c1-20(2)12-17-26-33-27-28(24-10-6-7-11-25(24)32-29(27)30)34(26)19-22-15-13-21(14-16-22)18-31-23-8-4-3-5-9-23/h6-7,10-11,13-16,20,23,31H,3-5,8-9,12,17-19H2,1-2H3,(H2,30,32). The molecule has 0 radical (unpaired) electrons. The first kappa shape index (κ1) is 22.9. The Bertz CT molecular complexity index is 1250. The molecule has 2 aromatic carbocycles. The topological polar surface area (TPSA) is 68.8 Å². The number of fused-ring (bicyclic) bond motifs is 3. The molecule has 5 rings (SSSR count). The van der Waals surface area contributed by atoms with Gasteiger partial charge in [0.05, 0.1) is 11.0 Å². The van der Waals surface area contributed by atoms with Gasteiger partial charge in [-0.2, -0.15) is 0 Å². The van der Waals surface area contributed by atoms with Crippen molar-refractivity contribution >= 4 is 27.8 Å². The van der Waals surface area contributed by atoms with Crippen molar-refractivity contribution in [3.8, 4) is 0 Å². The number of nitrogens with two attached hydrogens (primary N) is 1. The number of nitrogens with zero attached hydrogens (tertiary/aromatic N) is 3. The zero-order chi connectivity index (χ0) is 23.5. The number of aromatic nitrogens is 3. The summed E-state index contributed by atoms with van der Waals surface area (Å²) in [4.78, 5) is 9.62. The van der Waals surface area contributed by atoms with E-state index in [1.165, 1.54) is 43.2 Å². The summed E-state index contributed by atoms with van der Waals surface area (Å²) in [5.74, 6) is 2.23. The van der Waals surface area contributed by atoms with E-state index in [2.05, 4.69) is 65.1 Å². The zero-order valence-corrected chi connectivity index (χ0v) is 20.6. The lowest BCUT2D eigenvalue weighted by molar-refractivity contribution is 0.372. The first-order chi connectivity index (χ1) is 16.6. The third-order valence-electron chi connectivity index (χ3n) is 7.20. The molecule has 0 atom stereocenters. The fourth-order valence-electron chi connectivity index (χ4n) is 5.20. The number of imidazole rings is 1. The summed E-state index contributed by atoms with van der Waals surface area (Å²) in [6.45, 7) is 6.26. The van der Waals surface area contributed by atoms with Crippen LogP contribution in [0, 0.1) is 5.92 Å². The fraction of sp³-hybridized carbons (Fsp3) is 0.448. The minimum atomic E-state index is 0.516. The summed E-state index contributed by atoms with van der Waals surface area (Å²) < 4.78 is 2.37. The highest BCUT2D eigenvalue weighted by atomic mass is 15.1. The van der Waals surface area contributed by atoms with E-state index in [0.29, 0.717) is 17.8 Å². The molecule has 178 valence electrons. The van der Waals surface area contributed by atoms with Gasteiger partial charge in [-0.1, -0.05) is 75.6 Å². The smallest absolute Gasteiger partial charge is 0.152 e. The van der Waals surface area contributed by atoms with Gasteiger partial charge in [0.1, 0.15) is 11.3 Å². The Morgan fingerprint density at radius 1 is 0.971 bits per heavy atom. The van der Waals surface area contributed by atoms with E-state index < -0.39 is 0 Å². The van der Waals surface area contributed by atoms with Gasteiger partial charge in [-0.05, 0) is 42.4 Å². The van der Waals surface area contributed by atoms with E-state index in [1.807, 2.05) is 12.1 Å². The van der Waals surface area contributed by atoms with Crippen molar-refractivity contribution in [1.82, 2.24) is 19.9 Å². The lowest BCUT2D eigenvalue weighted by atomic mass is 9.95. The van der Waals surface area contributed by atoms with Crippen molar-refractivity contribution < 1.29 is 0 Å². The van der Waals surface area contributed by atoms with E-state index in [1.54, 1.807) is 0 Å². The summed E-state index contributed by atoms with van der Waals surface area (Å²) in [6.07, 6.45) is 8.79. The summed E-state index contributed by atoms with van der Waals surface area (Å²) in [6, 6.07) is 18.0. The lowest BCUT2D eigenvalue weighted by Crippen LogP contribution is -2.30. The second-order valence-electron chi connectivity index (χ2n) is 10.3. The number of pyridine rings is 1. The number of aryl methyl sites for hydroxylation is 1. The van der Waals surface area contributed by atoms with Crippen LogP contribution in [0.4, 0.5) is 5.82 Å². The first-order valence-electron chi connectivity index (χ1n) is 12.9. The maximum atomic E-state index is 6.37. The van der Waals surface area contributed by atoms with Crippen LogP contribution in [0.5, 0.6) is 0 Å². The molecule has 0 spiro atoms. The predicted molar refractivity (Wildman–Crippen MR) is 142 cm³/mol. The molecule has 2 aromatic heterocycles. The summed E-state index contributed by atoms with van der Waals surface area (Å²) in [5.41, 5.74) is 11.9. The fourth-order valence-corrected chi connectivity index (χ4v) is 5.20. The molecule has 2 heterocycles. The van der Waals surface area contributed by atoms with Gasteiger partial charge in [0.15, 0.2) is 5.82 Å². The highest BCUT2D eigenvalue weighted by Crippen LogP contribution is 2.30. The number of rotatable bonds is 8. The first-order valence-corrected chi connectivity index (χ1v) is 12.9. The second kappa shape index (κ2) is 10.1. The number of anilines is 1. The van der Waals surface area contributed by atoms with Crippen LogP contribution in [0.25, 0.3) is 21.9 Å². The molecule has 5 heteroatoms. The molecule has 0 saturated heterocycles. The van der Waals surface area contributed by atoms with Crippen molar-refractivity contribution in [3.05, 3.63) is 65.5 Å². The zero-order valence-electron chi connectivity index (χ0n) is 20.6. The maximum Gasteiger partial charge on any atom is 0.152 e. The number of nitrogens with one attached hydrogen (secondary N) is 1. The Kier molecular flexibility index (Phi) is 6.82. The maximum absolute atomic E-state index is 6.37. The van der Waals surface area contributed by atoms with Crippen LogP contribution in [0.3, 0.4) is 0 Å². The number of benzene rings is 2. The van der Waals surface area contributed by atoms with Gasteiger partial charge in [0, 0.05) is 30.9 Å². The minimum absolute atomic E-state index is 0.516. The van der Waals surface area contributed by atoms with Gasteiger partial charge in [-0.25, -0.2) is 9.97 Å². The van der Waals surface area contributed by atoms with Crippen molar-refractivity contribution in [2.45, 2.75) is 77.9 Å². The molecule has 0 aliphatic heterocycles. The summed E-state index contributed by atoms with van der Waals surface area (Å²) >= 11 is 0. The van der Waals surface area contributed by atoms with Crippen LogP contribution in [0.15, 0.2) is 48.5 Å². The molecule has 0 unspecified atom stereocenters. The number of para-hydroxylation sites is 1. The van der Waals surface area contributed by atoms with Gasteiger partial charge in [0.2, 0.25) is 0 Å². The molecule has 1 fully saturated rings. The van der Waals surface area contributed by atoms with Crippen molar-refractivity contribution in [2.75, 3.05) is 5.73 Å². The van der Waals surface area contributed by atoms with Gasteiger partial charge in [-0.3, -0.25) is 0 Å². The summed E-state index contributed by atoms with van der Waals surface area (Å²) in [7, 11) is 0. The van der Waals surface area contributed by atoms with Crippen molar-refractivity contribution in [3.63, 3.8) is 0 Å². The van der Waals surface area contributed by atoms with E-state index in [9.17, 15) is 0 Å². The van der Waals surface area contributed by atoms with Gasteiger partial charge >= 0.3 is 0 Å². The average molecular weight is 456 g/mol. The Morgan fingerprint density at radius 2 is 1.71 bits per heavy atom. The molecule has 34 heavy (non-hydrogen) atoms. The van der Waals surface area contributed by atoms with Crippen LogP contribution in [-0.2, 0) is 19.5 Å². The molecule has 4 aromatic rings. The van der Waals surface area contributed by atoms with Gasteiger partial charge < -0.3 is 15.6 Å².